The molecule has 2 aromatic carbocycles. The number of hydrogen-bond donors (Lipinski definition) is 1. The summed E-state index contributed by atoms with van der Waals surface area (Å²) in [4.78, 5) is 26.0. The van der Waals surface area contributed by atoms with Crippen molar-refractivity contribution in [1.82, 2.24) is 4.90 Å². The van der Waals surface area contributed by atoms with E-state index in [9.17, 15) is 14.7 Å². The number of ether oxygens (including phenoxy) is 1. The van der Waals surface area contributed by atoms with Crippen molar-refractivity contribution in [1.29, 1.82) is 0 Å². The Morgan fingerprint density at radius 3 is 2.24 bits per heavy atom. The lowest BCUT2D eigenvalue weighted by atomic mass is 9.95. The zero-order valence-electron chi connectivity index (χ0n) is 13.7. The van der Waals surface area contributed by atoms with Gasteiger partial charge in [-0.1, -0.05) is 28.1 Å². The minimum atomic E-state index is -0.691. The number of carbonyl (C=O) groups excluding carboxylic acids is 2. The first kappa shape index (κ1) is 17.2. The number of aliphatic hydroxyl groups excluding tert-OH is 1. The predicted molar refractivity (Wildman–Crippen MR) is 97.2 cm³/mol. The quantitative estimate of drug-likeness (QED) is 0.485. The minimum Gasteiger partial charge on any atom is -0.507 e. The number of ketones is 1. The van der Waals surface area contributed by atoms with Crippen LogP contribution in [-0.2, 0) is 9.59 Å². The highest BCUT2D eigenvalue weighted by atomic mass is 79.9. The fourth-order valence-corrected chi connectivity index (χ4v) is 3.15. The monoisotopic (exact) mass is 401 g/mol. The van der Waals surface area contributed by atoms with Gasteiger partial charge < -0.3 is 14.7 Å². The third-order valence-corrected chi connectivity index (χ3v) is 4.75. The van der Waals surface area contributed by atoms with Crippen molar-refractivity contribution in [2.24, 2.45) is 0 Å². The molecule has 1 unspecified atom stereocenters. The maximum absolute atomic E-state index is 12.5. The van der Waals surface area contributed by atoms with Gasteiger partial charge in [0.25, 0.3) is 11.7 Å². The first-order valence-electron chi connectivity index (χ1n) is 7.58. The molecule has 1 fully saturated rings. The number of Topliss-reactive ketones (excluding diaryl/α,β-unsaturated/α-hetero) is 1. The lowest BCUT2D eigenvalue weighted by Crippen LogP contribution is -2.24. The molecule has 6 heteroatoms. The van der Waals surface area contributed by atoms with Crippen LogP contribution in [0.25, 0.3) is 5.76 Å². The van der Waals surface area contributed by atoms with Crippen LogP contribution in [0.4, 0.5) is 0 Å². The summed E-state index contributed by atoms with van der Waals surface area (Å²) in [5.41, 5.74) is 1.29. The molecule has 0 spiro atoms. The van der Waals surface area contributed by atoms with E-state index in [0.717, 1.165) is 10.0 Å². The van der Waals surface area contributed by atoms with Crippen LogP contribution in [0, 0.1) is 0 Å². The number of likely N-dealkylation sites (tertiary alicyclic amines) is 1. The van der Waals surface area contributed by atoms with Gasteiger partial charge in [-0.25, -0.2) is 0 Å². The van der Waals surface area contributed by atoms with Gasteiger partial charge in [-0.15, -0.1) is 0 Å². The Morgan fingerprint density at radius 2 is 1.68 bits per heavy atom. The van der Waals surface area contributed by atoms with Crippen LogP contribution >= 0.6 is 15.9 Å². The van der Waals surface area contributed by atoms with Gasteiger partial charge in [-0.2, -0.15) is 0 Å². The molecule has 3 rings (SSSR count). The summed E-state index contributed by atoms with van der Waals surface area (Å²) >= 11 is 3.37. The number of carbonyl (C=O) groups is 2. The molecular weight excluding hydrogens is 386 g/mol. The summed E-state index contributed by atoms with van der Waals surface area (Å²) < 4.78 is 5.99. The summed E-state index contributed by atoms with van der Waals surface area (Å²) in [6.45, 7) is 0. The Balaban J connectivity index is 2.12. The van der Waals surface area contributed by atoms with Gasteiger partial charge in [-0.3, -0.25) is 9.59 Å². The van der Waals surface area contributed by atoms with Gasteiger partial charge in [0.05, 0.1) is 18.7 Å². The molecule has 1 amide bonds. The van der Waals surface area contributed by atoms with Crippen molar-refractivity contribution in [2.75, 3.05) is 14.2 Å². The third-order valence-electron chi connectivity index (χ3n) is 4.22. The molecular formula is C19H16BrNO4. The molecule has 1 aliphatic rings. The second kappa shape index (κ2) is 6.72. The molecule has 2 aromatic rings. The molecule has 0 bridgehead atoms. The van der Waals surface area contributed by atoms with E-state index < -0.39 is 17.7 Å². The summed E-state index contributed by atoms with van der Waals surface area (Å²) in [5, 5.41) is 10.7. The maximum atomic E-state index is 12.5. The second-order valence-corrected chi connectivity index (χ2v) is 6.61. The topological polar surface area (TPSA) is 66.8 Å². The van der Waals surface area contributed by atoms with E-state index in [1.807, 2.05) is 24.3 Å². The number of aliphatic hydroxyl groups is 1. The molecule has 0 radical (unpaired) electrons. The lowest BCUT2D eigenvalue weighted by molar-refractivity contribution is -0.139. The van der Waals surface area contributed by atoms with Crippen LogP contribution in [0.2, 0.25) is 0 Å². The Kier molecular flexibility index (Phi) is 4.63. The molecule has 25 heavy (non-hydrogen) atoms. The number of hydrogen-bond acceptors (Lipinski definition) is 4. The molecule has 1 heterocycles. The Hall–Kier alpha value is -2.60. The Morgan fingerprint density at radius 1 is 1.08 bits per heavy atom. The van der Waals surface area contributed by atoms with Crippen molar-refractivity contribution >= 4 is 33.4 Å². The molecule has 0 aromatic heterocycles. The van der Waals surface area contributed by atoms with Gasteiger partial charge in [0.15, 0.2) is 0 Å². The van der Waals surface area contributed by atoms with Gasteiger partial charge in [0.1, 0.15) is 11.5 Å². The molecule has 1 N–H and O–H groups in total. The number of likely N-dealkylation sites (N-methyl/N-ethyl adjacent to an activating group) is 1. The van der Waals surface area contributed by atoms with Crippen molar-refractivity contribution in [2.45, 2.75) is 6.04 Å². The van der Waals surface area contributed by atoms with Crippen LogP contribution in [0.1, 0.15) is 17.2 Å². The number of amides is 1. The highest BCUT2D eigenvalue weighted by Gasteiger charge is 2.44. The zero-order valence-corrected chi connectivity index (χ0v) is 15.3. The molecule has 128 valence electrons. The number of methoxy groups -OCH3 is 1. The highest BCUT2D eigenvalue weighted by Crippen LogP contribution is 2.38. The summed E-state index contributed by atoms with van der Waals surface area (Å²) in [6.07, 6.45) is 0. The van der Waals surface area contributed by atoms with Crippen molar-refractivity contribution in [3.8, 4) is 5.75 Å². The van der Waals surface area contributed by atoms with Gasteiger partial charge in [0.2, 0.25) is 0 Å². The van der Waals surface area contributed by atoms with Crippen molar-refractivity contribution in [3.63, 3.8) is 0 Å². The first-order valence-corrected chi connectivity index (χ1v) is 8.38. The summed E-state index contributed by atoms with van der Waals surface area (Å²) in [7, 11) is 3.10. The molecule has 1 saturated heterocycles. The average Bonchev–Trinajstić information content (AvgIpc) is 2.86. The molecule has 0 saturated carbocycles. The van der Waals surface area contributed by atoms with Gasteiger partial charge in [0, 0.05) is 17.1 Å². The fraction of sp³-hybridized carbons (Fsp3) is 0.158. The normalized spacial score (nSPS) is 19.3. The zero-order chi connectivity index (χ0) is 18.1. The standard InChI is InChI=1S/C19H16BrNO4/c1-21-16(11-3-7-13(20)8-4-11)15(18(23)19(21)24)17(22)12-5-9-14(25-2)10-6-12/h3-10,16,22H,1-2H3/b17-15-. The van der Waals surface area contributed by atoms with Crippen LogP contribution in [0.15, 0.2) is 58.6 Å². The molecule has 1 atom stereocenters. The van der Waals surface area contributed by atoms with Crippen molar-refractivity contribution in [3.05, 3.63) is 69.7 Å². The molecule has 0 aliphatic carbocycles. The first-order chi connectivity index (χ1) is 11.9. The summed E-state index contributed by atoms with van der Waals surface area (Å²) in [6, 6.07) is 13.3. The second-order valence-electron chi connectivity index (χ2n) is 5.69. The number of nitrogens with zero attached hydrogens (tertiary/aromatic N) is 1. The maximum Gasteiger partial charge on any atom is 0.295 e. The molecule has 5 nitrogen and oxygen atoms in total. The van der Waals surface area contributed by atoms with E-state index in [0.29, 0.717) is 11.3 Å². The predicted octanol–water partition coefficient (Wildman–Crippen LogP) is 3.51. The smallest absolute Gasteiger partial charge is 0.295 e. The third kappa shape index (κ3) is 3.05. The number of benzene rings is 2. The lowest BCUT2D eigenvalue weighted by Gasteiger charge is -2.21. The highest BCUT2D eigenvalue weighted by molar-refractivity contribution is 9.10. The van der Waals surface area contributed by atoms with Gasteiger partial charge >= 0.3 is 0 Å². The van der Waals surface area contributed by atoms with Crippen LogP contribution in [-0.4, -0.2) is 35.9 Å². The van der Waals surface area contributed by atoms with Crippen LogP contribution < -0.4 is 4.74 Å². The van der Waals surface area contributed by atoms with E-state index >= 15 is 0 Å². The number of rotatable bonds is 3. The molecule has 1 aliphatic heterocycles. The minimum absolute atomic E-state index is 0.0833. The van der Waals surface area contributed by atoms with E-state index in [4.69, 9.17) is 4.74 Å². The van der Waals surface area contributed by atoms with Gasteiger partial charge in [-0.05, 0) is 42.0 Å². The van der Waals surface area contributed by atoms with Crippen molar-refractivity contribution < 1.29 is 19.4 Å². The van der Waals surface area contributed by atoms with Crippen LogP contribution in [0.5, 0.6) is 5.75 Å². The van der Waals surface area contributed by atoms with E-state index in [-0.39, 0.29) is 11.3 Å². The van der Waals surface area contributed by atoms with E-state index in [1.54, 1.807) is 38.4 Å². The van der Waals surface area contributed by atoms with E-state index in [1.165, 1.54) is 4.90 Å². The Bertz CT molecular complexity index is 856. The summed E-state index contributed by atoms with van der Waals surface area (Å²) in [5.74, 6) is -0.887. The SMILES string of the molecule is COc1ccc(/C(O)=C2/C(=O)C(=O)N(C)C2c2ccc(Br)cc2)cc1. The average molecular weight is 402 g/mol. The van der Waals surface area contributed by atoms with Crippen LogP contribution in [0.3, 0.4) is 0 Å². The number of halogens is 1. The Labute approximate surface area is 153 Å². The van der Waals surface area contributed by atoms with E-state index in [2.05, 4.69) is 15.9 Å². The largest absolute Gasteiger partial charge is 0.507 e. The fourth-order valence-electron chi connectivity index (χ4n) is 2.89.